The maximum absolute atomic E-state index is 12.9. The van der Waals surface area contributed by atoms with Crippen molar-refractivity contribution in [2.24, 2.45) is 0 Å². The number of aliphatic carboxylic acids is 1. The van der Waals surface area contributed by atoms with Gasteiger partial charge in [-0.2, -0.15) is 9.90 Å². The van der Waals surface area contributed by atoms with Crippen molar-refractivity contribution >= 4 is 11.9 Å². The van der Waals surface area contributed by atoms with Crippen molar-refractivity contribution in [2.45, 2.75) is 26.4 Å². The molecule has 1 amide bonds. The van der Waals surface area contributed by atoms with Crippen LogP contribution in [0.15, 0.2) is 24.3 Å². The molecule has 1 aromatic carbocycles. The molecule has 0 aliphatic carbocycles. The van der Waals surface area contributed by atoms with Gasteiger partial charge in [-0.1, -0.05) is 18.2 Å². The number of carboxylic acid groups (broad SMARTS) is 1. The molecule has 0 saturated heterocycles. The van der Waals surface area contributed by atoms with Crippen LogP contribution in [0.5, 0.6) is 5.75 Å². The lowest BCUT2D eigenvalue weighted by Crippen LogP contribution is -2.40. The quantitative estimate of drug-likeness (QED) is 0.910. The molecule has 1 unspecified atom stereocenters. The van der Waals surface area contributed by atoms with Crippen LogP contribution in [0.25, 0.3) is 0 Å². The Morgan fingerprint density at radius 1 is 1.33 bits per heavy atom. The fraction of sp³-hybridized carbons (Fsp3) is 0.375. The van der Waals surface area contributed by atoms with Gasteiger partial charge in [-0.3, -0.25) is 4.79 Å². The van der Waals surface area contributed by atoms with Crippen LogP contribution in [-0.2, 0) is 11.3 Å². The van der Waals surface area contributed by atoms with E-state index < -0.39 is 17.9 Å². The zero-order valence-corrected chi connectivity index (χ0v) is 13.5. The van der Waals surface area contributed by atoms with Gasteiger partial charge in [0.1, 0.15) is 12.4 Å². The number of aryl methyl sites for hydroxylation is 2. The van der Waals surface area contributed by atoms with Gasteiger partial charge in [0.25, 0.3) is 5.91 Å². The summed E-state index contributed by atoms with van der Waals surface area (Å²) in [6, 6.07) is 5.74. The molecule has 0 radical (unpaired) electrons. The number of carboxylic acids is 1. The summed E-state index contributed by atoms with van der Waals surface area (Å²) in [6.07, 6.45) is 0. The van der Waals surface area contributed by atoms with E-state index in [1.165, 1.54) is 9.70 Å². The molecular formula is C16H18N4O4. The second kappa shape index (κ2) is 6.31. The SMILES string of the molecule is CCn1nc(C)c(C(=O)N2CCOc3ccccc3C2C(=O)O)n1. The smallest absolute Gasteiger partial charge is 0.331 e. The van der Waals surface area contributed by atoms with Gasteiger partial charge in [-0.25, -0.2) is 4.79 Å². The average molecular weight is 330 g/mol. The van der Waals surface area contributed by atoms with Gasteiger partial charge in [0.2, 0.25) is 0 Å². The van der Waals surface area contributed by atoms with Gasteiger partial charge in [-0.15, -0.1) is 5.10 Å². The van der Waals surface area contributed by atoms with Crippen molar-refractivity contribution in [3.8, 4) is 5.75 Å². The molecule has 3 rings (SSSR count). The predicted octanol–water partition coefficient (Wildman–Crippen LogP) is 1.27. The van der Waals surface area contributed by atoms with Crippen LogP contribution in [0.3, 0.4) is 0 Å². The highest BCUT2D eigenvalue weighted by atomic mass is 16.5. The zero-order chi connectivity index (χ0) is 17.3. The van der Waals surface area contributed by atoms with E-state index in [1.54, 1.807) is 31.2 Å². The number of benzene rings is 1. The summed E-state index contributed by atoms with van der Waals surface area (Å²) >= 11 is 0. The van der Waals surface area contributed by atoms with E-state index in [0.29, 0.717) is 23.6 Å². The second-order valence-electron chi connectivity index (χ2n) is 5.45. The number of carbonyl (C=O) groups is 2. The van der Waals surface area contributed by atoms with E-state index in [1.807, 2.05) is 6.92 Å². The molecule has 1 aliphatic heterocycles. The minimum Gasteiger partial charge on any atom is -0.491 e. The Bertz CT molecular complexity index is 786. The summed E-state index contributed by atoms with van der Waals surface area (Å²) in [5, 5.41) is 18.0. The number of hydrogen-bond acceptors (Lipinski definition) is 5. The highest BCUT2D eigenvalue weighted by Crippen LogP contribution is 2.33. The Balaban J connectivity index is 2.03. The minimum absolute atomic E-state index is 0.156. The summed E-state index contributed by atoms with van der Waals surface area (Å²) in [6.45, 7) is 4.45. The Morgan fingerprint density at radius 3 is 2.75 bits per heavy atom. The van der Waals surface area contributed by atoms with Crippen molar-refractivity contribution < 1.29 is 19.4 Å². The number of fused-ring (bicyclic) bond motifs is 1. The van der Waals surface area contributed by atoms with Crippen LogP contribution in [-0.4, -0.2) is 50.0 Å². The van der Waals surface area contributed by atoms with Crippen LogP contribution in [0.2, 0.25) is 0 Å². The molecule has 2 heterocycles. The van der Waals surface area contributed by atoms with Gasteiger partial charge in [-0.05, 0) is 19.9 Å². The molecular weight excluding hydrogens is 312 g/mol. The molecule has 8 heteroatoms. The molecule has 1 N–H and O–H groups in total. The molecule has 24 heavy (non-hydrogen) atoms. The molecule has 1 aromatic heterocycles. The Morgan fingerprint density at radius 2 is 2.08 bits per heavy atom. The number of para-hydroxylation sites is 1. The number of rotatable bonds is 3. The summed E-state index contributed by atoms with van der Waals surface area (Å²) in [5.74, 6) is -1.09. The lowest BCUT2D eigenvalue weighted by molar-refractivity contribution is -0.142. The molecule has 0 saturated carbocycles. The van der Waals surface area contributed by atoms with Crippen LogP contribution < -0.4 is 4.74 Å². The molecule has 2 aromatic rings. The fourth-order valence-electron chi connectivity index (χ4n) is 2.78. The van der Waals surface area contributed by atoms with Gasteiger partial charge < -0.3 is 14.7 Å². The number of nitrogens with zero attached hydrogens (tertiary/aromatic N) is 4. The van der Waals surface area contributed by atoms with Gasteiger partial charge in [0.05, 0.1) is 18.8 Å². The maximum atomic E-state index is 12.9. The van der Waals surface area contributed by atoms with E-state index >= 15 is 0 Å². The van der Waals surface area contributed by atoms with Crippen LogP contribution in [0.1, 0.15) is 34.7 Å². The first kappa shape index (κ1) is 16.0. The zero-order valence-electron chi connectivity index (χ0n) is 13.5. The lowest BCUT2D eigenvalue weighted by Gasteiger charge is -2.26. The predicted molar refractivity (Wildman–Crippen MR) is 83.8 cm³/mol. The average Bonchev–Trinajstić information content (AvgIpc) is 2.83. The van der Waals surface area contributed by atoms with Crippen LogP contribution in [0, 0.1) is 6.92 Å². The topological polar surface area (TPSA) is 97.6 Å². The van der Waals surface area contributed by atoms with Crippen molar-refractivity contribution in [3.05, 3.63) is 41.2 Å². The Labute approximate surface area is 138 Å². The fourth-order valence-corrected chi connectivity index (χ4v) is 2.78. The normalized spacial score (nSPS) is 16.9. The molecule has 1 atom stereocenters. The van der Waals surface area contributed by atoms with Gasteiger partial charge in [0.15, 0.2) is 11.7 Å². The van der Waals surface area contributed by atoms with Gasteiger partial charge >= 0.3 is 5.97 Å². The summed E-state index contributed by atoms with van der Waals surface area (Å²) in [4.78, 5) is 27.5. The third kappa shape index (κ3) is 2.70. The first-order chi connectivity index (χ1) is 11.5. The second-order valence-corrected chi connectivity index (χ2v) is 5.45. The molecule has 126 valence electrons. The Kier molecular flexibility index (Phi) is 4.20. The van der Waals surface area contributed by atoms with E-state index in [9.17, 15) is 14.7 Å². The van der Waals surface area contributed by atoms with Crippen LogP contribution >= 0.6 is 0 Å². The lowest BCUT2D eigenvalue weighted by atomic mass is 10.0. The third-order valence-corrected chi connectivity index (χ3v) is 3.92. The summed E-state index contributed by atoms with van der Waals surface area (Å²) in [5.41, 5.74) is 1.10. The molecule has 8 nitrogen and oxygen atoms in total. The number of ether oxygens (including phenoxy) is 1. The molecule has 0 bridgehead atoms. The van der Waals surface area contributed by atoms with Gasteiger partial charge in [0, 0.05) is 5.56 Å². The number of hydrogen-bond donors (Lipinski definition) is 1. The van der Waals surface area contributed by atoms with Crippen LogP contribution in [0.4, 0.5) is 0 Å². The van der Waals surface area contributed by atoms with Crippen molar-refractivity contribution in [1.82, 2.24) is 19.9 Å². The summed E-state index contributed by atoms with van der Waals surface area (Å²) in [7, 11) is 0. The van der Waals surface area contributed by atoms with Crippen molar-refractivity contribution in [3.63, 3.8) is 0 Å². The summed E-state index contributed by atoms with van der Waals surface area (Å²) < 4.78 is 5.60. The molecule has 0 spiro atoms. The highest BCUT2D eigenvalue weighted by molar-refractivity contribution is 5.96. The molecule has 0 fully saturated rings. The Hall–Kier alpha value is -2.90. The minimum atomic E-state index is -1.12. The number of aromatic nitrogens is 3. The van der Waals surface area contributed by atoms with E-state index in [2.05, 4.69) is 10.2 Å². The standard InChI is InChI=1S/C16H18N4O4/c1-3-20-17-10(2)13(18-20)15(21)19-8-9-24-12-7-5-4-6-11(12)14(19)16(22)23/h4-7,14H,3,8-9H2,1-2H3,(H,22,23). The van der Waals surface area contributed by atoms with Crippen molar-refractivity contribution in [1.29, 1.82) is 0 Å². The van der Waals surface area contributed by atoms with E-state index in [0.717, 1.165) is 0 Å². The monoisotopic (exact) mass is 330 g/mol. The van der Waals surface area contributed by atoms with E-state index in [-0.39, 0.29) is 18.8 Å². The molecule has 1 aliphatic rings. The third-order valence-electron chi connectivity index (χ3n) is 3.92. The first-order valence-electron chi connectivity index (χ1n) is 7.70. The number of amides is 1. The first-order valence-corrected chi connectivity index (χ1v) is 7.70. The highest BCUT2D eigenvalue weighted by Gasteiger charge is 2.37. The largest absolute Gasteiger partial charge is 0.491 e. The van der Waals surface area contributed by atoms with Crippen molar-refractivity contribution in [2.75, 3.05) is 13.2 Å². The maximum Gasteiger partial charge on any atom is 0.331 e. The van der Waals surface area contributed by atoms with E-state index in [4.69, 9.17) is 4.74 Å². The number of carbonyl (C=O) groups excluding carboxylic acids is 1.